The molecule has 4 aliphatic rings. The van der Waals surface area contributed by atoms with E-state index in [0.29, 0.717) is 12.6 Å². The first-order valence-corrected chi connectivity index (χ1v) is 7.07. The highest BCUT2D eigenvalue weighted by Gasteiger charge is 2.26. The molecule has 3 aliphatic heterocycles. The molecule has 0 bridgehead atoms. The zero-order valence-electron chi connectivity index (χ0n) is 10.2. The van der Waals surface area contributed by atoms with Crippen LogP contribution in [0.4, 0.5) is 0 Å². The molecule has 4 rings (SSSR count). The molecule has 5 heteroatoms. The van der Waals surface area contributed by atoms with Gasteiger partial charge < -0.3 is 14.1 Å². The van der Waals surface area contributed by atoms with Gasteiger partial charge in [-0.05, 0) is 12.1 Å². The Hall–Kier alpha value is -1.88. The summed E-state index contributed by atoms with van der Waals surface area (Å²) in [5.41, 5.74) is 2.25. The maximum atomic E-state index is 5.73. The highest BCUT2D eigenvalue weighted by molar-refractivity contribution is 8.16. The van der Waals surface area contributed by atoms with Gasteiger partial charge in [0.05, 0.1) is 12.2 Å². The zero-order chi connectivity index (χ0) is 12.7. The molecule has 0 aromatic heterocycles. The van der Waals surface area contributed by atoms with Crippen molar-refractivity contribution in [1.82, 2.24) is 4.90 Å². The molecule has 0 saturated carbocycles. The molecule has 3 heterocycles. The molecule has 0 aromatic rings. The van der Waals surface area contributed by atoms with E-state index < -0.39 is 0 Å². The van der Waals surface area contributed by atoms with E-state index >= 15 is 0 Å². The Bertz CT molecular complexity index is 647. The van der Waals surface area contributed by atoms with Gasteiger partial charge in [-0.1, -0.05) is 23.9 Å². The van der Waals surface area contributed by atoms with Gasteiger partial charge >= 0.3 is 0 Å². The van der Waals surface area contributed by atoms with E-state index in [4.69, 9.17) is 9.15 Å². The molecule has 0 saturated heterocycles. The fourth-order valence-electron chi connectivity index (χ4n) is 2.26. The number of hydrogen-bond donors (Lipinski definition) is 0. The first kappa shape index (κ1) is 11.0. The summed E-state index contributed by atoms with van der Waals surface area (Å²) in [5.74, 6) is 1.41. The third-order valence-electron chi connectivity index (χ3n) is 3.23. The number of rotatable bonds is 3. The minimum absolute atomic E-state index is 0.516. The number of ether oxygens (including phenoxy) is 1. The molecule has 0 aromatic carbocycles. The molecular weight excluding hydrogens is 260 g/mol. The molecule has 1 aliphatic carbocycles. The molecule has 4 nitrogen and oxygen atoms in total. The summed E-state index contributed by atoms with van der Waals surface area (Å²) in [6, 6.07) is 9.81. The second-order valence-corrected chi connectivity index (χ2v) is 5.27. The van der Waals surface area contributed by atoms with Crippen molar-refractivity contribution in [3.8, 4) is 17.3 Å². The van der Waals surface area contributed by atoms with Gasteiger partial charge in [0.25, 0.3) is 5.95 Å². The maximum Gasteiger partial charge on any atom is 0.285 e. The van der Waals surface area contributed by atoms with Crippen LogP contribution in [0.15, 0.2) is 50.8 Å². The number of thioether (sulfide) groups is 1. The van der Waals surface area contributed by atoms with Gasteiger partial charge in [0.15, 0.2) is 5.17 Å². The fraction of sp³-hybridized carbons (Fsp3) is 0.214. The van der Waals surface area contributed by atoms with Crippen molar-refractivity contribution in [2.75, 3.05) is 19.7 Å². The molecule has 0 spiro atoms. The smallest absolute Gasteiger partial charge is 0.285 e. The van der Waals surface area contributed by atoms with Crippen LogP contribution in [-0.2, 0) is 0 Å². The van der Waals surface area contributed by atoms with Gasteiger partial charge in [0, 0.05) is 23.6 Å². The van der Waals surface area contributed by atoms with Crippen LogP contribution in [0, 0.1) is 0 Å². The average Bonchev–Trinajstić information content (AvgIpc) is 3.12. The molecular formula is C14H12N2O2S. The number of hydrogen-bond acceptors (Lipinski definition) is 5. The molecule has 0 unspecified atom stereocenters. The van der Waals surface area contributed by atoms with Crippen molar-refractivity contribution >= 4 is 16.9 Å². The van der Waals surface area contributed by atoms with Gasteiger partial charge in [0.1, 0.15) is 12.4 Å². The van der Waals surface area contributed by atoms with E-state index in [0.717, 1.165) is 35.3 Å². The van der Waals surface area contributed by atoms with Crippen LogP contribution in [0.1, 0.15) is 0 Å². The summed E-state index contributed by atoms with van der Waals surface area (Å²) < 4.78 is 11.4. The van der Waals surface area contributed by atoms with Crippen LogP contribution in [-0.4, -0.2) is 29.8 Å². The highest BCUT2D eigenvalue weighted by Crippen LogP contribution is 2.31. The molecule has 0 radical (unpaired) electrons. The lowest BCUT2D eigenvalue weighted by atomic mass is 10.3. The number of aliphatic imine (C=N–C) groups is 1. The topological polar surface area (TPSA) is 38.0 Å². The lowest BCUT2D eigenvalue weighted by molar-refractivity contribution is 0.248. The van der Waals surface area contributed by atoms with Crippen molar-refractivity contribution in [2.24, 2.45) is 4.99 Å². The predicted octanol–water partition coefficient (Wildman–Crippen LogP) is 3.02. The van der Waals surface area contributed by atoms with Crippen LogP contribution >= 0.6 is 11.8 Å². The Morgan fingerprint density at radius 1 is 1.32 bits per heavy atom. The Morgan fingerprint density at radius 3 is 3.32 bits per heavy atom. The summed E-state index contributed by atoms with van der Waals surface area (Å²) in [6.45, 7) is 2.35. The number of fused-ring (bicyclic) bond motifs is 2. The van der Waals surface area contributed by atoms with Gasteiger partial charge in [-0.3, -0.25) is 4.99 Å². The fourth-order valence-corrected chi connectivity index (χ4v) is 3.20. The van der Waals surface area contributed by atoms with Crippen LogP contribution in [0.25, 0.3) is 11.3 Å². The molecule has 0 fully saturated rings. The molecule has 0 atom stereocenters. The highest BCUT2D eigenvalue weighted by atomic mass is 32.2. The Morgan fingerprint density at radius 2 is 2.32 bits per heavy atom. The number of amidine groups is 1. The molecule has 0 N–H and O–H groups in total. The van der Waals surface area contributed by atoms with Gasteiger partial charge in [0.2, 0.25) is 0 Å². The van der Waals surface area contributed by atoms with Crippen LogP contribution < -0.4 is 4.74 Å². The van der Waals surface area contributed by atoms with Crippen LogP contribution in [0.3, 0.4) is 0 Å². The Balaban J connectivity index is 1.48. The van der Waals surface area contributed by atoms with Crippen molar-refractivity contribution in [1.29, 1.82) is 0 Å². The van der Waals surface area contributed by atoms with E-state index in [-0.39, 0.29) is 0 Å². The SMILES string of the molecule is C1=C(COc2ccc3cccc-3o2)N2CCN=C2S1. The lowest BCUT2D eigenvalue weighted by Crippen LogP contribution is -2.24. The minimum atomic E-state index is 0.516. The summed E-state index contributed by atoms with van der Waals surface area (Å²) in [5, 5.41) is 3.18. The summed E-state index contributed by atoms with van der Waals surface area (Å²) in [7, 11) is 0. The third kappa shape index (κ3) is 1.90. The normalized spacial score (nSPS) is 17.6. The monoisotopic (exact) mass is 272 g/mol. The van der Waals surface area contributed by atoms with E-state index in [1.54, 1.807) is 11.8 Å². The standard InChI is InChI=1S/C14H12N2O2S/c1-2-10-4-5-13(18-12(10)3-1)17-8-11-9-19-14-15-6-7-16(11)14/h1-5,9H,6-8H2. The van der Waals surface area contributed by atoms with Crippen LogP contribution in [0.5, 0.6) is 5.95 Å². The summed E-state index contributed by atoms with van der Waals surface area (Å²) >= 11 is 1.66. The Kier molecular flexibility index (Phi) is 2.51. The van der Waals surface area contributed by atoms with Gasteiger partial charge in [-0.15, -0.1) is 0 Å². The Labute approximate surface area is 115 Å². The second kappa shape index (κ2) is 4.35. The van der Waals surface area contributed by atoms with E-state index in [1.165, 1.54) is 0 Å². The quantitative estimate of drug-likeness (QED) is 0.861. The molecule has 19 heavy (non-hydrogen) atoms. The minimum Gasteiger partial charge on any atom is -0.459 e. The van der Waals surface area contributed by atoms with E-state index in [1.807, 2.05) is 30.3 Å². The summed E-state index contributed by atoms with van der Waals surface area (Å²) in [6.07, 6.45) is 0. The largest absolute Gasteiger partial charge is 0.459 e. The molecule has 0 amide bonds. The van der Waals surface area contributed by atoms with Crippen molar-refractivity contribution in [3.63, 3.8) is 0 Å². The first-order valence-electron chi connectivity index (χ1n) is 6.19. The van der Waals surface area contributed by atoms with E-state index in [9.17, 15) is 0 Å². The predicted molar refractivity (Wildman–Crippen MR) is 75.5 cm³/mol. The molecule has 96 valence electrons. The van der Waals surface area contributed by atoms with Crippen LogP contribution in [0.2, 0.25) is 0 Å². The van der Waals surface area contributed by atoms with Crippen molar-refractivity contribution in [2.45, 2.75) is 0 Å². The van der Waals surface area contributed by atoms with Crippen molar-refractivity contribution in [3.05, 3.63) is 41.4 Å². The van der Waals surface area contributed by atoms with Gasteiger partial charge in [-0.25, -0.2) is 0 Å². The average molecular weight is 272 g/mol. The van der Waals surface area contributed by atoms with E-state index in [2.05, 4.69) is 15.3 Å². The lowest BCUT2D eigenvalue weighted by Gasteiger charge is -2.16. The number of nitrogens with zero attached hydrogens (tertiary/aromatic N) is 2. The van der Waals surface area contributed by atoms with Crippen molar-refractivity contribution < 1.29 is 9.15 Å². The third-order valence-corrected chi connectivity index (χ3v) is 4.18. The maximum absolute atomic E-state index is 5.73. The summed E-state index contributed by atoms with van der Waals surface area (Å²) in [4.78, 5) is 6.61. The first-order chi connectivity index (χ1) is 9.40. The van der Waals surface area contributed by atoms with Gasteiger partial charge in [-0.2, -0.15) is 0 Å². The zero-order valence-corrected chi connectivity index (χ0v) is 11.0. The second-order valence-electron chi connectivity index (χ2n) is 4.43.